The zero-order chi connectivity index (χ0) is 31.7. The topological polar surface area (TPSA) is 43.9 Å². The van der Waals surface area contributed by atoms with Crippen molar-refractivity contribution in [3.8, 4) is 28.3 Å². The minimum atomic E-state index is -0.220. The monoisotopic (exact) mass is 633 g/mol. The Labute approximate surface area is 279 Å². The summed E-state index contributed by atoms with van der Waals surface area (Å²) in [7, 11) is 0. The van der Waals surface area contributed by atoms with Crippen molar-refractivity contribution in [2.75, 3.05) is 0 Å². The molecule has 1 aliphatic heterocycles. The van der Waals surface area contributed by atoms with E-state index in [0.717, 1.165) is 49.7 Å². The van der Waals surface area contributed by atoms with E-state index in [1.165, 1.54) is 48.0 Å². The van der Waals surface area contributed by atoms with E-state index in [1.807, 2.05) is 29.5 Å². The van der Waals surface area contributed by atoms with Crippen molar-refractivity contribution in [3.05, 3.63) is 139 Å². The lowest BCUT2D eigenvalue weighted by atomic mass is 9.74. The maximum Gasteiger partial charge on any atom is 0.164 e. The molecule has 10 aromatic rings. The second-order valence-corrected chi connectivity index (χ2v) is 14.4. The van der Waals surface area contributed by atoms with Crippen LogP contribution in [0.25, 0.3) is 92.4 Å². The van der Waals surface area contributed by atoms with Crippen molar-refractivity contribution in [3.63, 3.8) is 0 Å². The highest BCUT2D eigenvalue weighted by Gasteiger charge is 2.36. The zero-order valence-corrected chi connectivity index (χ0v) is 27.1. The molecule has 0 amide bonds. The molecule has 226 valence electrons. The number of hydrogen-bond acceptors (Lipinski definition) is 4. The van der Waals surface area contributed by atoms with Gasteiger partial charge in [-0.2, -0.15) is 0 Å². The molecule has 0 saturated carbocycles. The number of aromatic nitrogens is 3. The lowest BCUT2D eigenvalue weighted by molar-refractivity contribution is 0.630. The molecular weight excluding hydrogens is 607 g/mol. The van der Waals surface area contributed by atoms with Crippen LogP contribution in [0.5, 0.6) is 0 Å². The lowest BCUT2D eigenvalue weighted by Gasteiger charge is -2.35. The summed E-state index contributed by atoms with van der Waals surface area (Å²) >= 11 is 1.88. The highest BCUT2D eigenvalue weighted by Crippen LogP contribution is 2.51. The molecule has 0 spiro atoms. The van der Waals surface area contributed by atoms with Crippen molar-refractivity contribution in [1.29, 1.82) is 0 Å². The van der Waals surface area contributed by atoms with Gasteiger partial charge in [0, 0.05) is 48.0 Å². The number of para-hydroxylation sites is 4. The molecule has 0 fully saturated rings. The molecule has 0 atom stereocenters. The number of thiophene rings is 1. The summed E-state index contributed by atoms with van der Waals surface area (Å²) < 4.78 is 10.3. The predicted octanol–water partition coefficient (Wildman–Crippen LogP) is 11.8. The molecule has 0 radical (unpaired) electrons. The Bertz CT molecular complexity index is 2990. The van der Waals surface area contributed by atoms with Crippen LogP contribution in [-0.2, 0) is 5.41 Å². The third kappa shape index (κ3) is 3.33. The number of furan rings is 1. The van der Waals surface area contributed by atoms with Gasteiger partial charge in [0.25, 0.3) is 0 Å². The highest BCUT2D eigenvalue weighted by molar-refractivity contribution is 7.25. The zero-order valence-electron chi connectivity index (χ0n) is 26.3. The summed E-state index contributed by atoms with van der Waals surface area (Å²) in [6.45, 7) is 4.72. The van der Waals surface area contributed by atoms with Crippen molar-refractivity contribution >= 4 is 75.4 Å². The van der Waals surface area contributed by atoms with Crippen molar-refractivity contribution in [2.45, 2.75) is 19.3 Å². The standard InChI is InChI=1S/C43H27N3OS/c1-43(2)31-17-10-15-29-37-28-13-5-8-20-36(28)48-42(37)46(39(29)31)34-22-21-24(23-32(34)43)38-27-12-3-6-18-33(27)44-41(45-38)30-16-9-14-26-25-11-4-7-19-35(25)47-40(26)30/h3-23H,1-2H3. The molecule has 5 heteroatoms. The molecule has 6 aromatic carbocycles. The molecule has 0 bridgehead atoms. The average molecular weight is 634 g/mol. The summed E-state index contributed by atoms with van der Waals surface area (Å²) in [6.07, 6.45) is 0. The molecule has 0 unspecified atom stereocenters. The molecule has 0 saturated heterocycles. The van der Waals surface area contributed by atoms with Crippen molar-refractivity contribution in [2.24, 2.45) is 0 Å². The van der Waals surface area contributed by atoms with E-state index in [1.54, 1.807) is 0 Å². The van der Waals surface area contributed by atoms with Gasteiger partial charge in [0.1, 0.15) is 16.0 Å². The van der Waals surface area contributed by atoms with Crippen LogP contribution < -0.4 is 0 Å². The molecule has 48 heavy (non-hydrogen) atoms. The van der Waals surface area contributed by atoms with Gasteiger partial charge < -0.3 is 8.98 Å². The lowest BCUT2D eigenvalue weighted by Crippen LogP contribution is -2.26. The van der Waals surface area contributed by atoms with Gasteiger partial charge in [0.2, 0.25) is 0 Å². The Hall–Kier alpha value is -5.78. The van der Waals surface area contributed by atoms with E-state index in [9.17, 15) is 0 Å². The van der Waals surface area contributed by atoms with Gasteiger partial charge in [-0.15, -0.1) is 11.3 Å². The van der Waals surface area contributed by atoms with Crippen LogP contribution in [0.1, 0.15) is 25.0 Å². The molecular formula is C43H27N3OS. The SMILES string of the molecule is CC1(C)c2cc(-c3nc(-c4cccc5c4oc4ccccc45)nc4ccccc34)ccc2-n2c3sc4ccccc4c3c3cccc1c32. The Morgan fingerprint density at radius 3 is 2.31 bits per heavy atom. The maximum atomic E-state index is 6.43. The van der Waals surface area contributed by atoms with Crippen LogP contribution in [0.4, 0.5) is 0 Å². The Morgan fingerprint density at radius 2 is 1.40 bits per heavy atom. The first kappa shape index (κ1) is 26.3. The van der Waals surface area contributed by atoms with E-state index < -0.39 is 0 Å². The summed E-state index contributed by atoms with van der Waals surface area (Å²) in [5, 5.41) is 7.21. The van der Waals surface area contributed by atoms with Crippen LogP contribution in [0, 0.1) is 0 Å². The highest BCUT2D eigenvalue weighted by atomic mass is 32.1. The first-order chi connectivity index (χ1) is 23.6. The minimum Gasteiger partial charge on any atom is -0.455 e. The van der Waals surface area contributed by atoms with Crippen molar-refractivity contribution in [1.82, 2.24) is 14.5 Å². The van der Waals surface area contributed by atoms with Crippen LogP contribution in [0.3, 0.4) is 0 Å². The molecule has 11 rings (SSSR count). The van der Waals surface area contributed by atoms with Crippen LogP contribution in [0.2, 0.25) is 0 Å². The third-order valence-electron chi connectivity index (χ3n) is 10.4. The molecule has 0 aliphatic carbocycles. The Balaban J connectivity index is 1.18. The number of benzene rings is 6. The molecule has 1 aliphatic rings. The predicted molar refractivity (Wildman–Crippen MR) is 200 cm³/mol. The second kappa shape index (κ2) is 9.18. The Kier molecular flexibility index (Phi) is 5.03. The smallest absolute Gasteiger partial charge is 0.164 e. The van der Waals surface area contributed by atoms with Gasteiger partial charge in [-0.1, -0.05) is 105 Å². The largest absolute Gasteiger partial charge is 0.455 e. The van der Waals surface area contributed by atoms with Gasteiger partial charge >= 0.3 is 0 Å². The van der Waals surface area contributed by atoms with Crippen LogP contribution in [-0.4, -0.2) is 14.5 Å². The van der Waals surface area contributed by atoms with Gasteiger partial charge in [0.05, 0.1) is 28.0 Å². The number of nitrogens with zero attached hydrogens (tertiary/aromatic N) is 3. The van der Waals surface area contributed by atoms with Crippen LogP contribution >= 0.6 is 11.3 Å². The fourth-order valence-corrected chi connectivity index (χ4v) is 9.37. The third-order valence-corrected chi connectivity index (χ3v) is 11.6. The summed E-state index contributed by atoms with van der Waals surface area (Å²) in [4.78, 5) is 11.7. The molecule has 4 aromatic heterocycles. The fourth-order valence-electron chi connectivity index (χ4n) is 8.14. The number of fused-ring (bicyclic) bond motifs is 11. The number of rotatable bonds is 2. The van der Waals surface area contributed by atoms with E-state index in [-0.39, 0.29) is 5.41 Å². The normalized spacial score (nSPS) is 13.8. The van der Waals surface area contributed by atoms with E-state index >= 15 is 0 Å². The van der Waals surface area contributed by atoms with Gasteiger partial charge in [0.15, 0.2) is 5.82 Å². The first-order valence-corrected chi connectivity index (χ1v) is 17.2. The summed E-state index contributed by atoms with van der Waals surface area (Å²) in [5.74, 6) is 0.662. The van der Waals surface area contributed by atoms with Gasteiger partial charge in [-0.25, -0.2) is 9.97 Å². The maximum absolute atomic E-state index is 6.43. The molecule has 5 heterocycles. The van der Waals surface area contributed by atoms with Gasteiger partial charge in [-0.05, 0) is 47.5 Å². The van der Waals surface area contributed by atoms with Crippen LogP contribution in [0.15, 0.2) is 132 Å². The minimum absolute atomic E-state index is 0.220. The number of hydrogen-bond donors (Lipinski definition) is 0. The van der Waals surface area contributed by atoms with E-state index in [0.29, 0.717) is 5.82 Å². The van der Waals surface area contributed by atoms with Crippen molar-refractivity contribution < 1.29 is 4.42 Å². The summed E-state index contributed by atoms with van der Waals surface area (Å²) in [5.41, 5.74) is 10.5. The molecule has 4 nitrogen and oxygen atoms in total. The van der Waals surface area contributed by atoms with E-state index in [4.69, 9.17) is 14.4 Å². The summed E-state index contributed by atoms with van der Waals surface area (Å²) in [6, 6.07) is 45.3. The Morgan fingerprint density at radius 1 is 0.646 bits per heavy atom. The first-order valence-electron chi connectivity index (χ1n) is 16.3. The van der Waals surface area contributed by atoms with E-state index in [2.05, 4.69) is 128 Å². The average Bonchev–Trinajstić information content (AvgIpc) is 3.79. The second-order valence-electron chi connectivity index (χ2n) is 13.4. The van der Waals surface area contributed by atoms with Gasteiger partial charge in [-0.3, -0.25) is 0 Å². The fraction of sp³-hybridized carbons (Fsp3) is 0.0698. The molecule has 0 N–H and O–H groups in total. The quantitative estimate of drug-likeness (QED) is 0.190.